The Balaban J connectivity index is 2.63. The zero-order valence-corrected chi connectivity index (χ0v) is 16.1. The van der Waals surface area contributed by atoms with Crippen LogP contribution in [0.2, 0.25) is 0 Å². The fourth-order valence-corrected chi connectivity index (χ4v) is 2.23. The van der Waals surface area contributed by atoms with Gasteiger partial charge >= 0.3 is 0 Å². The van der Waals surface area contributed by atoms with Crippen LogP contribution in [-0.4, -0.2) is 76.2 Å². The molecule has 144 valence electrons. The van der Waals surface area contributed by atoms with Crippen LogP contribution in [0.15, 0.2) is 4.99 Å². The number of ether oxygens (including phenoxy) is 1. The van der Waals surface area contributed by atoms with E-state index in [1.165, 1.54) is 4.90 Å². The van der Waals surface area contributed by atoms with Gasteiger partial charge in [-0.2, -0.15) is 0 Å². The molecule has 3 N–H and O–H groups in total. The Hall–Kier alpha value is -1.83. The number of hydrogen-bond acceptors (Lipinski definition) is 4. The SMILES string of the molecule is CCNC(=O)C(C)(C)CNC(=NCC(=O)N(C)C)NCC1CCOC1. The van der Waals surface area contributed by atoms with Crippen LogP contribution in [0.3, 0.4) is 0 Å². The summed E-state index contributed by atoms with van der Waals surface area (Å²) < 4.78 is 5.38. The van der Waals surface area contributed by atoms with Crippen molar-refractivity contribution < 1.29 is 14.3 Å². The van der Waals surface area contributed by atoms with Gasteiger partial charge in [-0.3, -0.25) is 9.59 Å². The van der Waals surface area contributed by atoms with Gasteiger partial charge in [0.15, 0.2) is 5.96 Å². The van der Waals surface area contributed by atoms with Gasteiger partial charge in [-0.1, -0.05) is 0 Å². The maximum atomic E-state index is 12.1. The molecule has 0 spiro atoms. The average molecular weight is 355 g/mol. The number of nitrogens with zero attached hydrogens (tertiary/aromatic N) is 2. The molecule has 2 amide bonds. The highest BCUT2D eigenvalue weighted by atomic mass is 16.5. The molecule has 1 saturated heterocycles. The Morgan fingerprint density at radius 3 is 2.52 bits per heavy atom. The molecule has 8 heteroatoms. The van der Waals surface area contributed by atoms with Gasteiger partial charge in [-0.05, 0) is 27.2 Å². The minimum atomic E-state index is -0.583. The molecule has 1 rings (SSSR count). The molecule has 1 heterocycles. The first-order valence-corrected chi connectivity index (χ1v) is 8.84. The van der Waals surface area contributed by atoms with E-state index in [4.69, 9.17) is 4.74 Å². The zero-order valence-electron chi connectivity index (χ0n) is 16.1. The summed E-state index contributed by atoms with van der Waals surface area (Å²) in [4.78, 5) is 29.7. The Morgan fingerprint density at radius 1 is 1.24 bits per heavy atom. The third-order valence-corrected chi connectivity index (χ3v) is 4.10. The molecule has 1 unspecified atom stereocenters. The molecule has 0 bridgehead atoms. The summed E-state index contributed by atoms with van der Waals surface area (Å²) in [6, 6.07) is 0. The molecule has 0 saturated carbocycles. The number of hydrogen-bond donors (Lipinski definition) is 3. The first kappa shape index (κ1) is 21.2. The molecule has 1 aliphatic heterocycles. The molecule has 0 aliphatic carbocycles. The van der Waals surface area contributed by atoms with E-state index in [-0.39, 0.29) is 18.4 Å². The lowest BCUT2D eigenvalue weighted by atomic mass is 9.92. The van der Waals surface area contributed by atoms with Crippen LogP contribution in [0.4, 0.5) is 0 Å². The lowest BCUT2D eigenvalue weighted by Crippen LogP contribution is -2.48. The van der Waals surface area contributed by atoms with Crippen molar-refractivity contribution in [1.29, 1.82) is 0 Å². The molecular formula is C17H33N5O3. The third-order valence-electron chi connectivity index (χ3n) is 4.10. The first-order valence-electron chi connectivity index (χ1n) is 8.84. The highest BCUT2D eigenvalue weighted by molar-refractivity contribution is 5.86. The van der Waals surface area contributed by atoms with E-state index in [2.05, 4.69) is 20.9 Å². The van der Waals surface area contributed by atoms with Gasteiger partial charge in [0.2, 0.25) is 11.8 Å². The number of amides is 2. The highest BCUT2D eigenvalue weighted by Crippen LogP contribution is 2.13. The van der Waals surface area contributed by atoms with Crippen molar-refractivity contribution in [3.63, 3.8) is 0 Å². The Bertz CT molecular complexity index is 471. The number of rotatable bonds is 8. The third kappa shape index (κ3) is 7.72. The number of carbonyl (C=O) groups excluding carboxylic acids is 2. The smallest absolute Gasteiger partial charge is 0.243 e. The normalized spacial score (nSPS) is 18.0. The van der Waals surface area contributed by atoms with E-state index < -0.39 is 5.41 Å². The second kappa shape index (κ2) is 10.2. The van der Waals surface area contributed by atoms with Crippen molar-refractivity contribution >= 4 is 17.8 Å². The van der Waals surface area contributed by atoms with Gasteiger partial charge in [0.1, 0.15) is 6.54 Å². The predicted octanol–water partition coefficient (Wildman–Crippen LogP) is -0.191. The summed E-state index contributed by atoms with van der Waals surface area (Å²) in [6.45, 7) is 8.97. The largest absolute Gasteiger partial charge is 0.381 e. The molecule has 1 fully saturated rings. The standard InChI is InChI=1S/C17H33N5O3/c1-6-18-15(24)17(2,3)12-21-16(20-10-14(23)22(4)5)19-9-13-7-8-25-11-13/h13H,6-12H2,1-5H3,(H,18,24)(H2,19,20,21). The van der Waals surface area contributed by atoms with Gasteiger partial charge in [-0.15, -0.1) is 0 Å². The summed E-state index contributed by atoms with van der Waals surface area (Å²) in [7, 11) is 3.40. The van der Waals surface area contributed by atoms with E-state index in [1.807, 2.05) is 20.8 Å². The van der Waals surface area contributed by atoms with E-state index in [1.54, 1.807) is 14.1 Å². The summed E-state index contributed by atoms with van der Waals surface area (Å²) >= 11 is 0. The Kier molecular flexibility index (Phi) is 8.68. The fraction of sp³-hybridized carbons (Fsp3) is 0.824. The lowest BCUT2D eigenvalue weighted by molar-refractivity contribution is -0.129. The van der Waals surface area contributed by atoms with Crippen LogP contribution in [-0.2, 0) is 14.3 Å². The van der Waals surface area contributed by atoms with Crippen LogP contribution in [0.5, 0.6) is 0 Å². The number of carbonyl (C=O) groups is 2. The molecule has 0 radical (unpaired) electrons. The van der Waals surface area contributed by atoms with Gasteiger partial charge < -0.3 is 25.6 Å². The lowest BCUT2D eigenvalue weighted by Gasteiger charge is -2.25. The van der Waals surface area contributed by atoms with Crippen molar-refractivity contribution in [3.05, 3.63) is 0 Å². The first-order chi connectivity index (χ1) is 11.8. The van der Waals surface area contributed by atoms with Crippen molar-refractivity contribution in [1.82, 2.24) is 20.9 Å². The predicted molar refractivity (Wildman–Crippen MR) is 98.4 cm³/mol. The van der Waals surface area contributed by atoms with Gasteiger partial charge in [-0.25, -0.2) is 4.99 Å². The topological polar surface area (TPSA) is 95.1 Å². The second-order valence-corrected chi connectivity index (χ2v) is 7.16. The molecule has 0 aromatic rings. The molecule has 8 nitrogen and oxygen atoms in total. The Labute approximate surface area is 150 Å². The summed E-state index contributed by atoms with van der Waals surface area (Å²) in [5.41, 5.74) is -0.583. The Morgan fingerprint density at radius 2 is 1.96 bits per heavy atom. The summed E-state index contributed by atoms with van der Waals surface area (Å²) in [5.74, 6) is 0.885. The number of aliphatic imine (C=N–C) groups is 1. The highest BCUT2D eigenvalue weighted by Gasteiger charge is 2.27. The number of likely N-dealkylation sites (N-methyl/N-ethyl adjacent to an activating group) is 1. The van der Waals surface area contributed by atoms with E-state index >= 15 is 0 Å². The molecule has 0 aromatic heterocycles. The maximum absolute atomic E-state index is 12.1. The van der Waals surface area contributed by atoms with E-state index in [9.17, 15) is 9.59 Å². The molecule has 1 atom stereocenters. The minimum Gasteiger partial charge on any atom is -0.381 e. The average Bonchev–Trinajstić information content (AvgIpc) is 3.07. The van der Waals surface area contributed by atoms with Crippen molar-refractivity contribution in [2.75, 3.05) is 53.5 Å². The second-order valence-electron chi connectivity index (χ2n) is 7.16. The van der Waals surface area contributed by atoms with Crippen LogP contribution in [0.25, 0.3) is 0 Å². The molecular weight excluding hydrogens is 322 g/mol. The monoisotopic (exact) mass is 355 g/mol. The summed E-state index contributed by atoms with van der Waals surface area (Å²) in [6.07, 6.45) is 1.02. The van der Waals surface area contributed by atoms with Gasteiger partial charge in [0.25, 0.3) is 0 Å². The van der Waals surface area contributed by atoms with Crippen molar-refractivity contribution in [3.8, 4) is 0 Å². The molecule has 0 aromatic carbocycles. The van der Waals surface area contributed by atoms with Crippen molar-refractivity contribution in [2.45, 2.75) is 27.2 Å². The maximum Gasteiger partial charge on any atom is 0.243 e. The van der Waals surface area contributed by atoms with Gasteiger partial charge in [0.05, 0.1) is 12.0 Å². The van der Waals surface area contributed by atoms with Crippen molar-refractivity contribution in [2.24, 2.45) is 16.3 Å². The molecule has 1 aliphatic rings. The molecule has 25 heavy (non-hydrogen) atoms. The minimum absolute atomic E-state index is 0.0181. The quantitative estimate of drug-likeness (QED) is 0.414. The fourth-order valence-electron chi connectivity index (χ4n) is 2.23. The van der Waals surface area contributed by atoms with Crippen LogP contribution >= 0.6 is 0 Å². The number of nitrogens with one attached hydrogen (secondary N) is 3. The van der Waals surface area contributed by atoms with E-state index in [0.29, 0.717) is 25.0 Å². The van der Waals surface area contributed by atoms with Gasteiger partial charge in [0, 0.05) is 46.3 Å². The summed E-state index contributed by atoms with van der Waals surface area (Å²) in [5, 5.41) is 9.27. The van der Waals surface area contributed by atoms with Crippen LogP contribution in [0, 0.1) is 11.3 Å². The zero-order chi connectivity index (χ0) is 18.9. The number of guanidine groups is 1. The van der Waals surface area contributed by atoms with E-state index in [0.717, 1.165) is 26.2 Å². The van der Waals surface area contributed by atoms with Crippen LogP contribution in [0.1, 0.15) is 27.2 Å². The van der Waals surface area contributed by atoms with Crippen LogP contribution < -0.4 is 16.0 Å².